The zero-order valence-corrected chi connectivity index (χ0v) is 20.0. The lowest BCUT2D eigenvalue weighted by atomic mass is 10.0. The molecule has 38 heavy (non-hydrogen) atoms. The summed E-state index contributed by atoms with van der Waals surface area (Å²) in [6.07, 6.45) is 0.771. The van der Waals surface area contributed by atoms with Crippen molar-refractivity contribution in [3.8, 4) is 22.8 Å². The van der Waals surface area contributed by atoms with Crippen LogP contribution >= 0.6 is 0 Å². The molecule has 0 saturated carbocycles. The summed E-state index contributed by atoms with van der Waals surface area (Å²) in [5.74, 6) is 1.52. The number of carbonyl (C=O) groups is 2. The van der Waals surface area contributed by atoms with Gasteiger partial charge in [0.1, 0.15) is 12.0 Å². The van der Waals surface area contributed by atoms with Gasteiger partial charge in [0.25, 0.3) is 5.91 Å². The largest absolute Gasteiger partial charge is 0.454 e. The van der Waals surface area contributed by atoms with Gasteiger partial charge in [0.2, 0.25) is 6.79 Å². The van der Waals surface area contributed by atoms with E-state index < -0.39 is 6.04 Å². The number of hydrogen-bond donors (Lipinski definition) is 1. The maximum absolute atomic E-state index is 13.9. The number of amides is 1. The first-order valence-electron chi connectivity index (χ1n) is 12.1. The van der Waals surface area contributed by atoms with Crippen LogP contribution in [0, 0.1) is 0 Å². The van der Waals surface area contributed by atoms with Gasteiger partial charge < -0.3 is 23.8 Å². The number of carbonyl (C=O) groups excluding carboxylic acids is 2. The van der Waals surface area contributed by atoms with Crippen molar-refractivity contribution in [2.75, 3.05) is 6.79 Å². The van der Waals surface area contributed by atoms with Gasteiger partial charge in [-0.15, -0.1) is 0 Å². The van der Waals surface area contributed by atoms with Gasteiger partial charge in [0.05, 0.1) is 18.3 Å². The van der Waals surface area contributed by atoms with Crippen LogP contribution in [-0.4, -0.2) is 28.9 Å². The summed E-state index contributed by atoms with van der Waals surface area (Å²) < 4.78 is 17.0. The zero-order valence-electron chi connectivity index (χ0n) is 20.0. The molecule has 3 aromatic carbocycles. The summed E-state index contributed by atoms with van der Waals surface area (Å²) in [5, 5.41) is 0.573. The van der Waals surface area contributed by atoms with Gasteiger partial charge in [-0.2, -0.15) is 0 Å². The number of pyridine rings is 1. The topological polar surface area (TPSA) is 102 Å². The molecule has 7 rings (SSSR count). The van der Waals surface area contributed by atoms with Crippen LogP contribution in [0.5, 0.6) is 11.5 Å². The van der Waals surface area contributed by atoms with E-state index in [0.29, 0.717) is 45.0 Å². The van der Waals surface area contributed by atoms with Crippen LogP contribution in [0.15, 0.2) is 88.1 Å². The Labute approximate surface area is 216 Å². The number of benzene rings is 3. The highest BCUT2D eigenvalue weighted by molar-refractivity contribution is 5.93. The number of fused-ring (bicyclic) bond motifs is 3. The fraction of sp³-hybridized carbons (Fsp3) is 0.100. The van der Waals surface area contributed by atoms with Gasteiger partial charge in [-0.1, -0.05) is 42.5 Å². The molecule has 0 bridgehead atoms. The lowest BCUT2D eigenvalue weighted by Crippen LogP contribution is -2.30. The van der Waals surface area contributed by atoms with Gasteiger partial charge in [-0.05, 0) is 42.0 Å². The van der Waals surface area contributed by atoms with Crippen molar-refractivity contribution < 1.29 is 23.5 Å². The van der Waals surface area contributed by atoms with E-state index in [-0.39, 0.29) is 30.4 Å². The van der Waals surface area contributed by atoms with Gasteiger partial charge >= 0.3 is 0 Å². The normalized spacial score (nSPS) is 15.6. The molecule has 1 unspecified atom stereocenters. The van der Waals surface area contributed by atoms with Gasteiger partial charge in [0, 0.05) is 27.6 Å². The second-order valence-corrected chi connectivity index (χ2v) is 9.24. The number of nitrogens with zero attached hydrogens (tertiary/aromatic N) is 1. The molecule has 0 aliphatic carbocycles. The molecule has 0 radical (unpaired) electrons. The van der Waals surface area contributed by atoms with E-state index in [2.05, 4.69) is 4.98 Å². The Hall–Kier alpha value is -5.11. The monoisotopic (exact) mass is 504 g/mol. The number of ether oxygens (including phenoxy) is 2. The van der Waals surface area contributed by atoms with Crippen LogP contribution < -0.4 is 14.9 Å². The molecule has 186 valence electrons. The van der Waals surface area contributed by atoms with Crippen LogP contribution in [0.1, 0.15) is 43.8 Å². The third kappa shape index (κ3) is 3.42. The molecule has 1 amide bonds. The summed E-state index contributed by atoms with van der Waals surface area (Å²) in [5.41, 5.74) is 3.88. The molecule has 0 fully saturated rings. The molecule has 8 heteroatoms. The first-order valence-corrected chi connectivity index (χ1v) is 12.1. The number of nitrogens with one attached hydrogen (secondary N) is 1. The molecular formula is C30H20N2O6. The first kappa shape index (κ1) is 22.1. The summed E-state index contributed by atoms with van der Waals surface area (Å²) in [6.45, 7) is 0.255. The first-order chi connectivity index (χ1) is 18.6. The highest BCUT2D eigenvalue weighted by Crippen LogP contribution is 2.42. The second-order valence-electron chi connectivity index (χ2n) is 9.24. The van der Waals surface area contributed by atoms with E-state index in [1.165, 1.54) is 0 Å². The molecule has 5 aromatic rings. The van der Waals surface area contributed by atoms with E-state index in [4.69, 9.17) is 13.9 Å². The number of hydrogen-bond acceptors (Lipinski definition) is 6. The van der Waals surface area contributed by atoms with Crippen molar-refractivity contribution >= 4 is 23.1 Å². The highest BCUT2D eigenvalue weighted by atomic mass is 16.7. The predicted octanol–water partition coefficient (Wildman–Crippen LogP) is 5.07. The van der Waals surface area contributed by atoms with Crippen molar-refractivity contribution in [1.29, 1.82) is 0 Å². The summed E-state index contributed by atoms with van der Waals surface area (Å²) >= 11 is 0. The Morgan fingerprint density at radius 2 is 1.76 bits per heavy atom. The standard InChI is InChI=1S/C30H20N2O6/c33-15-17-5-7-18(8-6-17)23-11-12-25(38-23)30(35)32-14-21-27(31-22-4-2-1-3-20(22)29(21)34)28(32)19-9-10-24-26(13-19)37-16-36-24/h1-13,15,28H,14,16H2,(H,31,34). The molecular weight excluding hydrogens is 484 g/mol. The minimum absolute atomic E-state index is 0.106. The van der Waals surface area contributed by atoms with Crippen molar-refractivity contribution in [1.82, 2.24) is 9.88 Å². The molecule has 0 spiro atoms. The molecule has 8 nitrogen and oxygen atoms in total. The Morgan fingerprint density at radius 1 is 0.947 bits per heavy atom. The van der Waals surface area contributed by atoms with Crippen LogP contribution in [0.4, 0.5) is 0 Å². The average Bonchev–Trinajstić information content (AvgIpc) is 3.71. The number of H-pyrrole nitrogens is 1. The zero-order chi connectivity index (χ0) is 25.8. The highest BCUT2D eigenvalue weighted by Gasteiger charge is 2.39. The number of aromatic nitrogens is 1. The molecule has 4 heterocycles. The lowest BCUT2D eigenvalue weighted by molar-refractivity contribution is 0.0685. The fourth-order valence-electron chi connectivity index (χ4n) is 5.20. The van der Waals surface area contributed by atoms with E-state index in [1.54, 1.807) is 47.4 Å². The Morgan fingerprint density at radius 3 is 2.61 bits per heavy atom. The number of para-hydroxylation sites is 1. The quantitative estimate of drug-likeness (QED) is 0.343. The number of furan rings is 1. The third-order valence-corrected chi connectivity index (χ3v) is 7.08. The SMILES string of the molecule is O=Cc1ccc(-c2ccc(C(=O)N3Cc4c([nH]c5ccccc5c4=O)C3c3ccc4c(c3)OCO4)o2)cc1. The van der Waals surface area contributed by atoms with Crippen molar-refractivity contribution in [3.05, 3.63) is 117 Å². The third-order valence-electron chi connectivity index (χ3n) is 7.08. The fourth-order valence-corrected chi connectivity index (χ4v) is 5.20. The molecule has 1 atom stereocenters. The minimum atomic E-state index is -0.565. The van der Waals surface area contributed by atoms with Crippen molar-refractivity contribution in [2.45, 2.75) is 12.6 Å². The maximum Gasteiger partial charge on any atom is 0.290 e. The molecule has 2 aliphatic heterocycles. The van der Waals surface area contributed by atoms with Gasteiger partial charge in [-0.3, -0.25) is 14.4 Å². The summed E-state index contributed by atoms with van der Waals surface area (Å²) in [4.78, 5) is 43.4. The maximum atomic E-state index is 13.9. The molecule has 1 N–H and O–H groups in total. The van der Waals surface area contributed by atoms with E-state index in [1.807, 2.05) is 36.4 Å². The molecule has 2 aromatic heterocycles. The average molecular weight is 504 g/mol. The Bertz CT molecular complexity index is 1800. The lowest BCUT2D eigenvalue weighted by Gasteiger charge is -2.25. The molecule has 0 saturated heterocycles. The summed E-state index contributed by atoms with van der Waals surface area (Å²) in [7, 11) is 0. The van der Waals surface area contributed by atoms with E-state index in [9.17, 15) is 14.4 Å². The molecule has 2 aliphatic rings. The van der Waals surface area contributed by atoms with Crippen LogP contribution in [0.2, 0.25) is 0 Å². The predicted molar refractivity (Wildman–Crippen MR) is 138 cm³/mol. The Balaban J connectivity index is 1.32. The van der Waals surface area contributed by atoms with E-state index in [0.717, 1.165) is 17.4 Å². The van der Waals surface area contributed by atoms with E-state index >= 15 is 0 Å². The van der Waals surface area contributed by atoms with Crippen LogP contribution in [0.3, 0.4) is 0 Å². The second kappa shape index (κ2) is 8.48. The summed E-state index contributed by atoms with van der Waals surface area (Å²) in [6, 6.07) is 22.6. The smallest absolute Gasteiger partial charge is 0.290 e. The van der Waals surface area contributed by atoms with Gasteiger partial charge in [-0.25, -0.2) is 0 Å². The van der Waals surface area contributed by atoms with Crippen molar-refractivity contribution in [3.63, 3.8) is 0 Å². The van der Waals surface area contributed by atoms with Gasteiger partial charge in [0.15, 0.2) is 22.7 Å². The van der Waals surface area contributed by atoms with Crippen molar-refractivity contribution in [2.24, 2.45) is 0 Å². The Kier molecular flexibility index (Phi) is 4.94. The number of rotatable bonds is 4. The van der Waals surface area contributed by atoms with Crippen LogP contribution in [-0.2, 0) is 6.54 Å². The van der Waals surface area contributed by atoms with Crippen LogP contribution in [0.25, 0.3) is 22.2 Å². The minimum Gasteiger partial charge on any atom is -0.454 e. The number of aldehydes is 1. The number of aromatic amines is 1.